The minimum absolute atomic E-state index is 0.100. The van der Waals surface area contributed by atoms with Gasteiger partial charge in [0.05, 0.1) is 26.4 Å². The highest BCUT2D eigenvalue weighted by Crippen LogP contribution is 2.45. The largest absolute Gasteiger partial charge is 0.472 e. The van der Waals surface area contributed by atoms with E-state index in [2.05, 4.69) is 65.8 Å². The van der Waals surface area contributed by atoms with Crippen molar-refractivity contribution in [2.24, 2.45) is 11.8 Å². The van der Waals surface area contributed by atoms with Gasteiger partial charge in [0.25, 0.3) is 0 Å². The second-order valence-corrected chi connectivity index (χ2v) is 28.8. The third kappa shape index (κ3) is 64.3. The van der Waals surface area contributed by atoms with E-state index in [4.69, 9.17) is 37.0 Å². The zero-order chi connectivity index (χ0) is 66.5. The molecular weight excluding hydrogens is 1190 g/mol. The molecule has 19 heteroatoms. The molecule has 0 saturated heterocycles. The summed E-state index contributed by atoms with van der Waals surface area (Å²) >= 11 is 0. The van der Waals surface area contributed by atoms with Gasteiger partial charge in [0.15, 0.2) is 12.2 Å². The number of phosphoric ester groups is 2. The van der Waals surface area contributed by atoms with Gasteiger partial charge in [0.1, 0.15) is 19.3 Å². The van der Waals surface area contributed by atoms with Crippen LogP contribution in [0, 0.1) is 11.8 Å². The Hall–Kier alpha value is -2.46. The summed E-state index contributed by atoms with van der Waals surface area (Å²) in [7, 11) is -9.91. The lowest BCUT2D eigenvalue weighted by molar-refractivity contribution is -0.161. The topological polar surface area (TPSA) is 237 Å². The first-order valence-corrected chi connectivity index (χ1v) is 39.3. The molecule has 0 spiro atoms. The molecule has 0 rings (SSSR count). The van der Waals surface area contributed by atoms with Crippen LogP contribution in [0.3, 0.4) is 0 Å². The lowest BCUT2D eigenvalue weighted by atomic mass is 10.0. The molecule has 0 aromatic carbocycles. The second kappa shape index (κ2) is 62.6. The predicted octanol–water partition coefficient (Wildman–Crippen LogP) is 19.9. The van der Waals surface area contributed by atoms with Crippen LogP contribution in [-0.2, 0) is 65.4 Å². The van der Waals surface area contributed by atoms with Crippen LogP contribution in [0.5, 0.6) is 0 Å². The average Bonchev–Trinajstić information content (AvgIpc) is 2.97. The molecule has 0 aliphatic heterocycles. The fourth-order valence-corrected chi connectivity index (χ4v) is 11.8. The zero-order valence-corrected chi connectivity index (χ0v) is 59.7. The van der Waals surface area contributed by atoms with E-state index < -0.39 is 97.5 Å². The molecule has 0 aliphatic carbocycles. The minimum atomic E-state index is -4.96. The standard InChI is InChI=1S/C71H134O17P2/c1-7-9-11-13-15-17-18-19-20-23-26-30-36-42-48-54-69(74)82-59-66(87-70(75)55-49-43-37-31-27-24-21-22-25-29-33-39-45-51-63(3)4)61-85-89(77,78)83-57-65(72)58-84-90(79,80)86-62-67(60-81-68(73)53-47-41-35-28-16-14-12-10-8-2)88-71(76)56-50-44-38-32-34-40-46-52-64(5)6/h17-20,63-67,72H,7-16,21-62H2,1-6H3,(H,77,78)(H,79,80)/b18-17-,20-19-/t65-,66-,67-/m1/s1. The van der Waals surface area contributed by atoms with Gasteiger partial charge in [-0.15, -0.1) is 0 Å². The monoisotopic (exact) mass is 1320 g/mol. The number of hydrogen-bond donors (Lipinski definition) is 3. The maximum Gasteiger partial charge on any atom is 0.472 e. The molecule has 0 bridgehead atoms. The van der Waals surface area contributed by atoms with Gasteiger partial charge in [-0.2, -0.15) is 0 Å². The Morgan fingerprint density at radius 1 is 0.344 bits per heavy atom. The summed E-state index contributed by atoms with van der Waals surface area (Å²) in [6.07, 6.45) is 50.9. The highest BCUT2D eigenvalue weighted by atomic mass is 31.2. The number of allylic oxidation sites excluding steroid dienone is 4. The molecule has 3 N–H and O–H groups in total. The van der Waals surface area contributed by atoms with E-state index in [0.717, 1.165) is 115 Å². The van der Waals surface area contributed by atoms with E-state index in [1.165, 1.54) is 135 Å². The van der Waals surface area contributed by atoms with Crippen LogP contribution in [-0.4, -0.2) is 96.7 Å². The van der Waals surface area contributed by atoms with Crippen molar-refractivity contribution in [2.75, 3.05) is 39.6 Å². The summed E-state index contributed by atoms with van der Waals surface area (Å²) < 4.78 is 68.2. The summed E-state index contributed by atoms with van der Waals surface area (Å²) in [6, 6.07) is 0. The first kappa shape index (κ1) is 87.5. The quantitative estimate of drug-likeness (QED) is 0.0169. The number of ether oxygens (including phenoxy) is 4. The second-order valence-electron chi connectivity index (χ2n) is 25.9. The summed E-state index contributed by atoms with van der Waals surface area (Å²) in [5.41, 5.74) is 0. The molecule has 90 heavy (non-hydrogen) atoms. The minimum Gasteiger partial charge on any atom is -0.462 e. The van der Waals surface area contributed by atoms with Crippen LogP contribution >= 0.6 is 15.6 Å². The van der Waals surface area contributed by atoms with Gasteiger partial charge in [0.2, 0.25) is 0 Å². The van der Waals surface area contributed by atoms with Crippen molar-refractivity contribution in [1.29, 1.82) is 0 Å². The Labute approximate surface area is 548 Å². The molecular formula is C71H134O17P2. The number of phosphoric acid groups is 2. The maximum atomic E-state index is 13.0. The Kier molecular flexibility index (Phi) is 60.9. The predicted molar refractivity (Wildman–Crippen MR) is 363 cm³/mol. The van der Waals surface area contributed by atoms with Crippen LogP contribution in [0.25, 0.3) is 0 Å². The van der Waals surface area contributed by atoms with E-state index in [-0.39, 0.29) is 25.7 Å². The molecule has 0 aromatic heterocycles. The lowest BCUT2D eigenvalue weighted by Crippen LogP contribution is -2.30. The van der Waals surface area contributed by atoms with Crippen molar-refractivity contribution in [3.63, 3.8) is 0 Å². The van der Waals surface area contributed by atoms with Gasteiger partial charge in [-0.25, -0.2) is 9.13 Å². The van der Waals surface area contributed by atoms with E-state index in [0.29, 0.717) is 31.6 Å². The van der Waals surface area contributed by atoms with Crippen molar-refractivity contribution in [1.82, 2.24) is 0 Å². The molecule has 2 unspecified atom stereocenters. The fraction of sp³-hybridized carbons (Fsp3) is 0.887. The number of carbonyl (C=O) groups is 4. The van der Waals surface area contributed by atoms with Gasteiger partial charge in [0, 0.05) is 25.7 Å². The normalized spacial score (nSPS) is 14.3. The van der Waals surface area contributed by atoms with Crippen LogP contribution in [0.2, 0.25) is 0 Å². The van der Waals surface area contributed by atoms with Crippen molar-refractivity contribution < 1.29 is 80.2 Å². The molecule has 530 valence electrons. The molecule has 17 nitrogen and oxygen atoms in total. The van der Waals surface area contributed by atoms with Gasteiger partial charge < -0.3 is 33.8 Å². The molecule has 0 fully saturated rings. The fourth-order valence-electron chi connectivity index (χ4n) is 10.2. The molecule has 0 aromatic rings. The van der Waals surface area contributed by atoms with Gasteiger partial charge >= 0.3 is 39.5 Å². The summed E-state index contributed by atoms with van der Waals surface area (Å²) in [4.78, 5) is 72.5. The summed E-state index contributed by atoms with van der Waals surface area (Å²) in [5, 5.41) is 10.6. The van der Waals surface area contributed by atoms with Crippen molar-refractivity contribution in [2.45, 2.75) is 355 Å². The van der Waals surface area contributed by atoms with Crippen LogP contribution in [0.15, 0.2) is 24.3 Å². The first-order valence-electron chi connectivity index (χ1n) is 36.3. The molecule has 5 atom stereocenters. The first-order chi connectivity index (χ1) is 43.4. The van der Waals surface area contributed by atoms with Crippen LogP contribution in [0.1, 0.15) is 337 Å². The number of aliphatic hydroxyl groups is 1. The number of aliphatic hydroxyl groups excluding tert-OH is 1. The van der Waals surface area contributed by atoms with Crippen LogP contribution in [0.4, 0.5) is 0 Å². The molecule has 0 radical (unpaired) electrons. The molecule has 0 amide bonds. The number of unbranched alkanes of at least 4 members (excludes halogenated alkanes) is 35. The zero-order valence-electron chi connectivity index (χ0n) is 57.9. The van der Waals surface area contributed by atoms with E-state index in [1.807, 2.05) is 0 Å². The number of hydrogen-bond acceptors (Lipinski definition) is 15. The number of carbonyl (C=O) groups excluding carboxylic acids is 4. The third-order valence-electron chi connectivity index (χ3n) is 15.8. The van der Waals surface area contributed by atoms with Crippen molar-refractivity contribution in [3.8, 4) is 0 Å². The molecule has 0 saturated carbocycles. The van der Waals surface area contributed by atoms with Gasteiger partial charge in [-0.1, -0.05) is 284 Å². The SMILES string of the molecule is CCCCCC/C=C\C=C/CCCCCCCC(=O)OC[C@H](COP(=O)(O)OC[C@@H](O)COP(=O)(O)OC[C@@H](COC(=O)CCCCCCCCCCC)OC(=O)CCCCCCCCCC(C)C)OC(=O)CCCCCCCCCCCCCCCC(C)C. The highest BCUT2D eigenvalue weighted by molar-refractivity contribution is 7.47. The lowest BCUT2D eigenvalue weighted by Gasteiger charge is -2.21. The Bertz CT molecular complexity index is 1850. The number of rotatable bonds is 68. The third-order valence-corrected chi connectivity index (χ3v) is 17.7. The molecule has 0 aliphatic rings. The van der Waals surface area contributed by atoms with Gasteiger partial charge in [-0.3, -0.25) is 37.3 Å². The number of esters is 4. The highest BCUT2D eigenvalue weighted by Gasteiger charge is 2.30. The smallest absolute Gasteiger partial charge is 0.462 e. The van der Waals surface area contributed by atoms with Crippen LogP contribution < -0.4 is 0 Å². The summed E-state index contributed by atoms with van der Waals surface area (Å²) in [6.45, 7) is 9.42. The Balaban J connectivity index is 5.27. The Morgan fingerprint density at radius 3 is 0.911 bits per heavy atom. The van der Waals surface area contributed by atoms with E-state index in [1.54, 1.807) is 0 Å². The summed E-state index contributed by atoms with van der Waals surface area (Å²) in [5.74, 6) is -0.678. The van der Waals surface area contributed by atoms with Gasteiger partial charge in [-0.05, 0) is 63.2 Å². The van der Waals surface area contributed by atoms with Crippen molar-refractivity contribution in [3.05, 3.63) is 24.3 Å². The van der Waals surface area contributed by atoms with E-state index >= 15 is 0 Å². The maximum absolute atomic E-state index is 13.0. The van der Waals surface area contributed by atoms with E-state index in [9.17, 15) is 43.2 Å². The van der Waals surface area contributed by atoms with Crippen molar-refractivity contribution >= 4 is 39.5 Å². The average molecular weight is 1320 g/mol. The molecule has 0 heterocycles. The Morgan fingerprint density at radius 2 is 0.600 bits per heavy atom.